The third-order valence-corrected chi connectivity index (χ3v) is 8.61. The quantitative estimate of drug-likeness (QED) is 0.253. The van der Waals surface area contributed by atoms with Gasteiger partial charge in [0.2, 0.25) is 0 Å². The highest BCUT2D eigenvalue weighted by Crippen LogP contribution is 2.35. The van der Waals surface area contributed by atoms with Gasteiger partial charge in [-0.25, -0.2) is 9.78 Å². The van der Waals surface area contributed by atoms with Crippen molar-refractivity contribution in [3.05, 3.63) is 88.4 Å². The summed E-state index contributed by atoms with van der Waals surface area (Å²) in [6.07, 6.45) is -0.385. The molecular formula is C32H34N4O6S. The molecule has 2 amide bonds. The van der Waals surface area contributed by atoms with Crippen LogP contribution in [-0.2, 0) is 6.54 Å². The van der Waals surface area contributed by atoms with Crippen molar-refractivity contribution < 1.29 is 29.3 Å². The number of likely N-dealkylation sites (N-methyl/N-ethyl adjacent to an activating group) is 1. The molecular weight excluding hydrogens is 568 g/mol. The fraction of sp³-hybridized carbons (Fsp3) is 0.312. The third kappa shape index (κ3) is 6.69. The number of rotatable bonds is 9. The molecule has 0 spiro atoms. The lowest BCUT2D eigenvalue weighted by molar-refractivity contribution is 0.0343. The number of fused-ring (bicyclic) bond motifs is 2. The molecule has 3 atom stereocenters. The molecule has 0 aliphatic carbocycles. The number of para-hydroxylation sites is 2. The van der Waals surface area contributed by atoms with Crippen LogP contribution in [0.3, 0.4) is 0 Å². The number of hydrogen-bond acceptors (Lipinski definition) is 8. The Labute approximate surface area is 253 Å². The lowest BCUT2D eigenvalue weighted by Gasteiger charge is -2.38. The van der Waals surface area contributed by atoms with Crippen LogP contribution in [0, 0.1) is 5.92 Å². The van der Waals surface area contributed by atoms with Crippen LogP contribution in [-0.4, -0.2) is 81.7 Å². The predicted octanol–water partition coefficient (Wildman–Crippen LogP) is 4.60. The maximum atomic E-state index is 13.8. The van der Waals surface area contributed by atoms with Gasteiger partial charge in [0.15, 0.2) is 10.8 Å². The Morgan fingerprint density at radius 3 is 2.58 bits per heavy atom. The molecule has 0 fully saturated rings. The van der Waals surface area contributed by atoms with Crippen LogP contribution in [0.25, 0.3) is 10.2 Å². The number of nitrogens with one attached hydrogen (secondary N) is 1. The Kier molecular flexibility index (Phi) is 9.05. The van der Waals surface area contributed by atoms with Crippen molar-refractivity contribution in [2.24, 2.45) is 5.92 Å². The van der Waals surface area contributed by atoms with Crippen LogP contribution in [0.2, 0.25) is 0 Å². The molecule has 43 heavy (non-hydrogen) atoms. The monoisotopic (exact) mass is 602 g/mol. The number of aliphatic hydroxyl groups excluding tert-OH is 1. The zero-order valence-corrected chi connectivity index (χ0v) is 25.0. The number of carbonyl (C=O) groups excluding carboxylic acids is 2. The zero-order valence-electron chi connectivity index (χ0n) is 24.2. The molecule has 5 rings (SSSR count). The smallest absolute Gasteiger partial charge is 0.335 e. The van der Waals surface area contributed by atoms with Crippen molar-refractivity contribution in [1.29, 1.82) is 0 Å². The lowest BCUT2D eigenvalue weighted by atomic mass is 9.98. The van der Waals surface area contributed by atoms with Gasteiger partial charge in [0.1, 0.15) is 6.10 Å². The Bertz CT molecular complexity index is 1610. The van der Waals surface area contributed by atoms with Crippen molar-refractivity contribution in [3.8, 4) is 5.75 Å². The number of carbonyl (C=O) groups is 3. The highest BCUT2D eigenvalue weighted by Gasteiger charge is 2.34. The van der Waals surface area contributed by atoms with Gasteiger partial charge in [0, 0.05) is 25.6 Å². The number of anilines is 1. The summed E-state index contributed by atoms with van der Waals surface area (Å²) in [5, 5.41) is 22.4. The molecule has 4 aromatic rings. The van der Waals surface area contributed by atoms with E-state index >= 15 is 0 Å². The van der Waals surface area contributed by atoms with E-state index in [2.05, 4.69) is 15.2 Å². The minimum absolute atomic E-state index is 0.129. The van der Waals surface area contributed by atoms with Gasteiger partial charge >= 0.3 is 5.97 Å². The molecule has 10 nitrogen and oxygen atoms in total. The first-order valence-corrected chi connectivity index (χ1v) is 14.9. The normalized spacial score (nSPS) is 17.6. The summed E-state index contributed by atoms with van der Waals surface area (Å²) in [6.45, 7) is 5.00. The summed E-state index contributed by atoms with van der Waals surface area (Å²) in [5.74, 6) is -1.52. The van der Waals surface area contributed by atoms with Gasteiger partial charge in [0.25, 0.3) is 11.8 Å². The first kappa shape index (κ1) is 30.1. The summed E-state index contributed by atoms with van der Waals surface area (Å²) >= 11 is 1.28. The van der Waals surface area contributed by atoms with E-state index in [1.54, 1.807) is 54.3 Å². The molecule has 11 heteroatoms. The molecule has 1 aliphatic rings. The summed E-state index contributed by atoms with van der Waals surface area (Å²) in [6, 6.07) is 18.9. The minimum Gasteiger partial charge on any atom is -0.486 e. The average Bonchev–Trinajstić information content (AvgIpc) is 3.44. The number of hydrogen-bond donors (Lipinski definition) is 3. The van der Waals surface area contributed by atoms with Crippen LogP contribution in [0.4, 0.5) is 5.69 Å². The van der Waals surface area contributed by atoms with E-state index in [0.29, 0.717) is 35.9 Å². The van der Waals surface area contributed by atoms with E-state index in [0.717, 1.165) is 15.8 Å². The van der Waals surface area contributed by atoms with E-state index in [4.69, 9.17) is 4.74 Å². The summed E-state index contributed by atoms with van der Waals surface area (Å²) in [7, 11) is 1.95. The van der Waals surface area contributed by atoms with E-state index in [-0.39, 0.29) is 35.8 Å². The number of ether oxygens (including phenoxy) is 1. The molecule has 1 aliphatic heterocycles. The Balaban J connectivity index is 1.44. The van der Waals surface area contributed by atoms with Gasteiger partial charge in [-0.2, -0.15) is 0 Å². The molecule has 0 saturated carbocycles. The van der Waals surface area contributed by atoms with Crippen molar-refractivity contribution in [3.63, 3.8) is 0 Å². The van der Waals surface area contributed by atoms with Crippen molar-refractivity contribution in [1.82, 2.24) is 14.8 Å². The van der Waals surface area contributed by atoms with Crippen LogP contribution in [0.1, 0.15) is 49.9 Å². The number of thiazole rings is 1. The second-order valence-electron chi connectivity index (χ2n) is 10.9. The molecule has 0 radical (unpaired) electrons. The number of nitrogens with zero attached hydrogens (tertiary/aromatic N) is 3. The molecule has 0 unspecified atom stereocenters. The Morgan fingerprint density at radius 2 is 1.88 bits per heavy atom. The van der Waals surface area contributed by atoms with Crippen molar-refractivity contribution in [2.45, 2.75) is 32.5 Å². The second-order valence-corrected chi connectivity index (χ2v) is 12.0. The average molecular weight is 603 g/mol. The molecule has 2 heterocycles. The number of aliphatic hydroxyl groups is 1. The van der Waals surface area contributed by atoms with E-state index in [1.807, 2.05) is 38.2 Å². The SMILES string of the molecule is C[C@H](CO)N1C[C@H](C)[C@H](CN(C)Cc2ccc(C(=O)O)cc2)Oc2c(NC(=O)c3nc4ccccc4s3)cccc2C1=O. The fourth-order valence-corrected chi connectivity index (χ4v) is 6.00. The van der Waals surface area contributed by atoms with Gasteiger partial charge < -0.3 is 25.2 Å². The number of amides is 2. The van der Waals surface area contributed by atoms with Gasteiger partial charge in [-0.1, -0.05) is 37.3 Å². The summed E-state index contributed by atoms with van der Waals surface area (Å²) in [4.78, 5) is 46.5. The molecule has 0 saturated heterocycles. The molecule has 1 aromatic heterocycles. The molecule has 3 aromatic carbocycles. The van der Waals surface area contributed by atoms with E-state index < -0.39 is 17.9 Å². The van der Waals surface area contributed by atoms with Crippen molar-refractivity contribution in [2.75, 3.05) is 32.1 Å². The van der Waals surface area contributed by atoms with Crippen LogP contribution in [0.15, 0.2) is 66.7 Å². The van der Waals surface area contributed by atoms with Gasteiger partial charge in [-0.05, 0) is 55.9 Å². The number of benzene rings is 3. The summed E-state index contributed by atoms with van der Waals surface area (Å²) in [5.41, 5.74) is 2.56. The Hall–Kier alpha value is -4.32. The van der Waals surface area contributed by atoms with Gasteiger partial charge in [-0.3, -0.25) is 14.5 Å². The highest BCUT2D eigenvalue weighted by atomic mass is 32.1. The standard InChI is InChI=1S/C32H34N4O6S/c1-19-15-36(20(2)18-37)31(39)23-7-6-9-25(33-29(38)30-34-24-8-4-5-10-27(24)43-30)28(23)42-26(19)17-35(3)16-21-11-13-22(14-12-21)32(40)41/h4-14,19-20,26,37H,15-18H2,1-3H3,(H,33,38)(H,40,41)/t19-,20+,26-/m0/s1. The lowest BCUT2D eigenvalue weighted by Crippen LogP contribution is -2.49. The number of aromatic carboxylic acids is 1. The van der Waals surface area contributed by atoms with E-state index in [9.17, 15) is 24.6 Å². The van der Waals surface area contributed by atoms with Crippen molar-refractivity contribution >= 4 is 45.0 Å². The Morgan fingerprint density at radius 1 is 1.14 bits per heavy atom. The minimum atomic E-state index is -0.974. The highest BCUT2D eigenvalue weighted by molar-refractivity contribution is 7.20. The summed E-state index contributed by atoms with van der Waals surface area (Å²) < 4.78 is 7.50. The number of carboxylic acids is 1. The molecule has 224 valence electrons. The maximum Gasteiger partial charge on any atom is 0.335 e. The number of aromatic nitrogens is 1. The van der Waals surface area contributed by atoms with Crippen LogP contribution >= 0.6 is 11.3 Å². The van der Waals surface area contributed by atoms with Crippen LogP contribution in [0.5, 0.6) is 5.75 Å². The third-order valence-electron chi connectivity index (χ3n) is 7.57. The second kappa shape index (κ2) is 12.9. The first-order valence-electron chi connectivity index (χ1n) is 14.0. The van der Waals surface area contributed by atoms with E-state index in [1.165, 1.54) is 11.3 Å². The molecule has 0 bridgehead atoms. The number of carboxylic acid groups (broad SMARTS) is 1. The zero-order chi connectivity index (χ0) is 30.7. The fourth-order valence-electron chi connectivity index (χ4n) is 5.14. The maximum absolute atomic E-state index is 13.8. The van der Waals surface area contributed by atoms with Gasteiger partial charge in [0.05, 0.1) is 39.7 Å². The largest absolute Gasteiger partial charge is 0.486 e. The van der Waals surface area contributed by atoms with Crippen LogP contribution < -0.4 is 10.1 Å². The predicted molar refractivity (Wildman–Crippen MR) is 165 cm³/mol. The molecule has 3 N–H and O–H groups in total. The first-order chi connectivity index (χ1) is 20.6. The van der Waals surface area contributed by atoms with Gasteiger partial charge in [-0.15, -0.1) is 11.3 Å². The topological polar surface area (TPSA) is 132 Å².